The molecule has 0 bridgehead atoms. The second kappa shape index (κ2) is 5.08. The molecular formula is C14H12BrN. The molecule has 0 aliphatic rings. The molecule has 0 fully saturated rings. The molecule has 1 nitrogen and oxygen atoms in total. The summed E-state index contributed by atoms with van der Waals surface area (Å²) in [7, 11) is 0. The third-order valence-electron chi connectivity index (χ3n) is 2.34. The van der Waals surface area contributed by atoms with Crippen LogP contribution in [0.4, 0.5) is 0 Å². The van der Waals surface area contributed by atoms with E-state index in [9.17, 15) is 0 Å². The standard InChI is InChI=1S/C14H12BrN/c1-11(13-5-3-2-4-6-13)7-12-8-14(15)10-16-9-12/h2-10H,1H3/b11-7+. The average Bonchev–Trinajstić information content (AvgIpc) is 2.30. The van der Waals surface area contributed by atoms with E-state index in [1.54, 1.807) is 6.20 Å². The second-order valence-corrected chi connectivity index (χ2v) is 4.55. The van der Waals surface area contributed by atoms with Gasteiger partial charge < -0.3 is 0 Å². The van der Waals surface area contributed by atoms with Gasteiger partial charge in [0.1, 0.15) is 0 Å². The Labute approximate surface area is 104 Å². The van der Waals surface area contributed by atoms with Gasteiger partial charge in [0.15, 0.2) is 0 Å². The van der Waals surface area contributed by atoms with E-state index in [-0.39, 0.29) is 0 Å². The van der Waals surface area contributed by atoms with Crippen LogP contribution in [0, 0.1) is 0 Å². The Bertz CT molecular complexity index is 503. The molecule has 16 heavy (non-hydrogen) atoms. The quantitative estimate of drug-likeness (QED) is 0.790. The molecule has 0 saturated heterocycles. The minimum Gasteiger partial charge on any atom is -0.263 e. The number of pyridine rings is 1. The zero-order valence-electron chi connectivity index (χ0n) is 9.02. The molecule has 0 saturated carbocycles. The monoisotopic (exact) mass is 273 g/mol. The van der Waals surface area contributed by atoms with Gasteiger partial charge in [0, 0.05) is 16.9 Å². The van der Waals surface area contributed by atoms with Crippen LogP contribution in [0.3, 0.4) is 0 Å². The molecule has 2 rings (SSSR count). The first-order valence-electron chi connectivity index (χ1n) is 5.10. The van der Waals surface area contributed by atoms with Crippen LogP contribution in [-0.4, -0.2) is 4.98 Å². The molecule has 1 heterocycles. The topological polar surface area (TPSA) is 12.9 Å². The third-order valence-corrected chi connectivity index (χ3v) is 2.77. The van der Waals surface area contributed by atoms with E-state index in [0.29, 0.717) is 0 Å². The van der Waals surface area contributed by atoms with Crippen molar-refractivity contribution < 1.29 is 0 Å². The minimum absolute atomic E-state index is 1.00. The molecule has 0 amide bonds. The van der Waals surface area contributed by atoms with Crippen molar-refractivity contribution in [3.05, 3.63) is 64.4 Å². The van der Waals surface area contributed by atoms with Crippen molar-refractivity contribution in [2.45, 2.75) is 6.92 Å². The fourth-order valence-electron chi connectivity index (χ4n) is 1.54. The summed E-state index contributed by atoms with van der Waals surface area (Å²) >= 11 is 3.42. The lowest BCUT2D eigenvalue weighted by atomic mass is 10.1. The van der Waals surface area contributed by atoms with Crippen molar-refractivity contribution in [1.29, 1.82) is 0 Å². The van der Waals surface area contributed by atoms with Crippen LogP contribution < -0.4 is 0 Å². The zero-order valence-corrected chi connectivity index (χ0v) is 10.6. The molecular weight excluding hydrogens is 262 g/mol. The van der Waals surface area contributed by atoms with Crippen LogP contribution in [0.5, 0.6) is 0 Å². The number of hydrogen-bond acceptors (Lipinski definition) is 1. The van der Waals surface area contributed by atoms with Crippen LogP contribution in [0.15, 0.2) is 53.3 Å². The number of halogens is 1. The Morgan fingerprint density at radius 1 is 1.19 bits per heavy atom. The van der Waals surface area contributed by atoms with Crippen LogP contribution in [0.1, 0.15) is 18.1 Å². The van der Waals surface area contributed by atoms with Gasteiger partial charge in [0.05, 0.1) is 0 Å². The van der Waals surface area contributed by atoms with Crippen LogP contribution in [0.25, 0.3) is 11.6 Å². The normalized spacial score (nSPS) is 11.5. The Kier molecular flexibility index (Phi) is 3.52. The summed E-state index contributed by atoms with van der Waals surface area (Å²) in [5.41, 5.74) is 3.58. The highest BCUT2D eigenvalue weighted by Gasteiger charge is 1.95. The lowest BCUT2D eigenvalue weighted by Gasteiger charge is -2.01. The number of nitrogens with zero attached hydrogens (tertiary/aromatic N) is 1. The molecule has 2 heteroatoms. The first-order valence-corrected chi connectivity index (χ1v) is 5.89. The van der Waals surface area contributed by atoms with Crippen molar-refractivity contribution in [1.82, 2.24) is 4.98 Å². The summed E-state index contributed by atoms with van der Waals surface area (Å²) in [6.45, 7) is 2.11. The minimum atomic E-state index is 1.00. The second-order valence-electron chi connectivity index (χ2n) is 3.63. The Morgan fingerprint density at radius 3 is 2.62 bits per heavy atom. The maximum atomic E-state index is 4.14. The average molecular weight is 274 g/mol. The fourth-order valence-corrected chi connectivity index (χ4v) is 1.92. The summed E-state index contributed by atoms with van der Waals surface area (Å²) < 4.78 is 1.00. The highest BCUT2D eigenvalue weighted by molar-refractivity contribution is 9.10. The van der Waals surface area contributed by atoms with Gasteiger partial charge in [-0.1, -0.05) is 30.3 Å². The molecule has 0 aliphatic heterocycles. The summed E-state index contributed by atoms with van der Waals surface area (Å²) in [6, 6.07) is 12.4. The molecule has 2 aromatic rings. The number of aromatic nitrogens is 1. The van der Waals surface area contributed by atoms with Crippen molar-refractivity contribution >= 4 is 27.6 Å². The SMILES string of the molecule is C/C(=C\c1cncc(Br)c1)c1ccccc1. The van der Waals surface area contributed by atoms with Crippen LogP contribution >= 0.6 is 15.9 Å². The van der Waals surface area contributed by atoms with E-state index in [1.807, 2.05) is 24.4 Å². The van der Waals surface area contributed by atoms with Gasteiger partial charge in [0.25, 0.3) is 0 Å². The van der Waals surface area contributed by atoms with Gasteiger partial charge in [-0.05, 0) is 51.7 Å². The van der Waals surface area contributed by atoms with Crippen LogP contribution in [-0.2, 0) is 0 Å². The van der Waals surface area contributed by atoms with Gasteiger partial charge in [-0.3, -0.25) is 4.98 Å². The lowest BCUT2D eigenvalue weighted by Crippen LogP contribution is -1.80. The summed E-state index contributed by atoms with van der Waals surface area (Å²) in [5, 5.41) is 0. The van der Waals surface area contributed by atoms with E-state index < -0.39 is 0 Å². The lowest BCUT2D eigenvalue weighted by molar-refractivity contribution is 1.30. The van der Waals surface area contributed by atoms with Gasteiger partial charge in [-0.25, -0.2) is 0 Å². The van der Waals surface area contributed by atoms with E-state index in [1.165, 1.54) is 11.1 Å². The van der Waals surface area contributed by atoms with Crippen molar-refractivity contribution in [3.63, 3.8) is 0 Å². The third kappa shape index (κ3) is 2.80. The molecule has 80 valence electrons. The molecule has 0 aliphatic carbocycles. The Morgan fingerprint density at radius 2 is 1.94 bits per heavy atom. The van der Waals surface area contributed by atoms with Crippen molar-refractivity contribution in [2.24, 2.45) is 0 Å². The molecule has 0 unspecified atom stereocenters. The predicted molar refractivity (Wildman–Crippen MR) is 71.9 cm³/mol. The number of allylic oxidation sites excluding steroid dienone is 1. The molecule has 1 aromatic carbocycles. The van der Waals surface area contributed by atoms with Gasteiger partial charge in [0.2, 0.25) is 0 Å². The smallest absolute Gasteiger partial charge is 0.0410 e. The number of benzene rings is 1. The maximum Gasteiger partial charge on any atom is 0.0410 e. The van der Waals surface area contributed by atoms with E-state index >= 15 is 0 Å². The first kappa shape index (κ1) is 11.1. The number of rotatable bonds is 2. The van der Waals surface area contributed by atoms with Crippen molar-refractivity contribution in [2.75, 3.05) is 0 Å². The van der Waals surface area contributed by atoms with Gasteiger partial charge in [-0.2, -0.15) is 0 Å². The predicted octanol–water partition coefficient (Wildman–Crippen LogP) is 4.40. The fraction of sp³-hybridized carbons (Fsp3) is 0.0714. The summed E-state index contributed by atoms with van der Waals surface area (Å²) in [4.78, 5) is 4.14. The molecule has 0 radical (unpaired) electrons. The molecule has 0 N–H and O–H groups in total. The summed E-state index contributed by atoms with van der Waals surface area (Å²) in [5.74, 6) is 0. The largest absolute Gasteiger partial charge is 0.263 e. The molecule has 1 aromatic heterocycles. The van der Waals surface area contributed by atoms with Gasteiger partial charge in [-0.15, -0.1) is 0 Å². The van der Waals surface area contributed by atoms with E-state index in [2.05, 4.69) is 52.1 Å². The van der Waals surface area contributed by atoms with Crippen LogP contribution in [0.2, 0.25) is 0 Å². The van der Waals surface area contributed by atoms with E-state index in [4.69, 9.17) is 0 Å². The first-order chi connectivity index (χ1) is 7.75. The molecule has 0 spiro atoms. The summed E-state index contributed by atoms with van der Waals surface area (Å²) in [6.07, 6.45) is 5.78. The van der Waals surface area contributed by atoms with E-state index in [0.717, 1.165) is 10.0 Å². The zero-order chi connectivity index (χ0) is 11.4. The highest BCUT2D eigenvalue weighted by atomic mass is 79.9. The Hall–Kier alpha value is -1.41. The molecule has 0 atom stereocenters. The maximum absolute atomic E-state index is 4.14. The van der Waals surface area contributed by atoms with Crippen molar-refractivity contribution in [3.8, 4) is 0 Å². The van der Waals surface area contributed by atoms with Gasteiger partial charge >= 0.3 is 0 Å². The number of hydrogen-bond donors (Lipinski definition) is 0. The highest BCUT2D eigenvalue weighted by Crippen LogP contribution is 2.18. The Balaban J connectivity index is 2.32.